The molecular formula is C20H22N2O2. The minimum absolute atomic E-state index is 0.190. The van der Waals surface area contributed by atoms with Gasteiger partial charge in [-0.05, 0) is 48.3 Å². The van der Waals surface area contributed by atoms with E-state index in [0.717, 1.165) is 31.5 Å². The molecule has 24 heavy (non-hydrogen) atoms. The molecule has 2 bridgehead atoms. The Kier molecular flexibility index (Phi) is 4.07. The topological polar surface area (TPSA) is 46.4 Å². The molecule has 0 radical (unpaired) electrons. The van der Waals surface area contributed by atoms with Crippen LogP contribution in [0.25, 0.3) is 0 Å². The summed E-state index contributed by atoms with van der Waals surface area (Å²) in [6.07, 6.45) is 4.78. The van der Waals surface area contributed by atoms with Crippen molar-refractivity contribution in [3.05, 3.63) is 75.3 Å². The Labute approximate surface area is 142 Å². The van der Waals surface area contributed by atoms with Crippen LogP contribution in [0.5, 0.6) is 0 Å². The van der Waals surface area contributed by atoms with E-state index in [-0.39, 0.29) is 10.6 Å². The maximum atomic E-state index is 11.0. The third kappa shape index (κ3) is 3.06. The van der Waals surface area contributed by atoms with Gasteiger partial charge in [0.25, 0.3) is 5.69 Å². The second kappa shape index (κ2) is 6.36. The van der Waals surface area contributed by atoms with E-state index in [1.807, 2.05) is 6.07 Å². The predicted octanol–water partition coefficient (Wildman–Crippen LogP) is 3.97. The molecule has 4 heteroatoms. The molecule has 2 aromatic rings. The lowest BCUT2D eigenvalue weighted by Crippen LogP contribution is -2.46. The lowest BCUT2D eigenvalue weighted by atomic mass is 9.80. The van der Waals surface area contributed by atoms with Crippen molar-refractivity contribution in [1.82, 2.24) is 4.90 Å². The quantitative estimate of drug-likeness (QED) is 0.634. The van der Waals surface area contributed by atoms with Gasteiger partial charge >= 0.3 is 0 Å². The van der Waals surface area contributed by atoms with Crippen LogP contribution in [0.4, 0.5) is 5.69 Å². The first kappa shape index (κ1) is 15.3. The van der Waals surface area contributed by atoms with E-state index >= 15 is 0 Å². The van der Waals surface area contributed by atoms with Crippen molar-refractivity contribution in [3.8, 4) is 0 Å². The van der Waals surface area contributed by atoms with Gasteiger partial charge in [0, 0.05) is 31.3 Å². The fourth-order valence-electron chi connectivity index (χ4n) is 4.30. The number of fused-ring (bicyclic) bond motifs is 2. The van der Waals surface area contributed by atoms with Crippen molar-refractivity contribution in [2.75, 3.05) is 6.54 Å². The average Bonchev–Trinajstić information content (AvgIpc) is 2.56. The van der Waals surface area contributed by atoms with Crippen LogP contribution in [0, 0.1) is 16.0 Å². The van der Waals surface area contributed by atoms with Gasteiger partial charge in [-0.3, -0.25) is 15.0 Å². The number of hydrogen-bond acceptors (Lipinski definition) is 3. The first-order chi connectivity index (χ1) is 11.7. The van der Waals surface area contributed by atoms with Crippen LogP contribution in [-0.2, 0) is 19.4 Å². The first-order valence-corrected chi connectivity index (χ1v) is 8.73. The zero-order valence-corrected chi connectivity index (χ0v) is 13.7. The van der Waals surface area contributed by atoms with E-state index in [1.165, 1.54) is 24.0 Å². The summed E-state index contributed by atoms with van der Waals surface area (Å²) < 4.78 is 0. The number of nitrogens with zero attached hydrogens (tertiary/aromatic N) is 2. The van der Waals surface area contributed by atoms with Gasteiger partial charge in [0.05, 0.1) is 4.92 Å². The van der Waals surface area contributed by atoms with Crippen LogP contribution in [0.15, 0.2) is 48.5 Å². The van der Waals surface area contributed by atoms with Crippen molar-refractivity contribution in [1.29, 1.82) is 0 Å². The van der Waals surface area contributed by atoms with Crippen LogP contribution in [-0.4, -0.2) is 22.4 Å². The Bertz CT molecular complexity index is 759. The minimum Gasteiger partial charge on any atom is -0.296 e. The maximum absolute atomic E-state index is 11.0. The Morgan fingerprint density at radius 3 is 2.62 bits per heavy atom. The number of benzene rings is 2. The third-order valence-corrected chi connectivity index (χ3v) is 5.51. The molecule has 3 aliphatic rings. The van der Waals surface area contributed by atoms with Crippen LogP contribution in [0.2, 0.25) is 0 Å². The normalized spacial score (nSPS) is 23.3. The van der Waals surface area contributed by atoms with E-state index in [1.54, 1.807) is 18.2 Å². The second-order valence-corrected chi connectivity index (χ2v) is 7.13. The van der Waals surface area contributed by atoms with Crippen LogP contribution in [0.3, 0.4) is 0 Å². The molecule has 1 aliphatic carbocycles. The number of rotatable bonds is 3. The summed E-state index contributed by atoms with van der Waals surface area (Å²) in [4.78, 5) is 13.2. The lowest BCUT2D eigenvalue weighted by molar-refractivity contribution is -0.384. The van der Waals surface area contributed by atoms with Gasteiger partial charge in [0.1, 0.15) is 0 Å². The van der Waals surface area contributed by atoms with E-state index in [9.17, 15) is 10.1 Å². The molecule has 2 heterocycles. The molecule has 0 amide bonds. The maximum Gasteiger partial charge on any atom is 0.269 e. The molecule has 124 valence electrons. The van der Waals surface area contributed by atoms with E-state index in [0.29, 0.717) is 12.0 Å². The van der Waals surface area contributed by atoms with Crippen molar-refractivity contribution >= 4 is 5.69 Å². The molecule has 0 N–H and O–H groups in total. The molecule has 2 aliphatic heterocycles. The summed E-state index contributed by atoms with van der Waals surface area (Å²) in [6, 6.07) is 16.5. The summed E-state index contributed by atoms with van der Waals surface area (Å²) in [5, 5.41) is 11.0. The highest BCUT2D eigenvalue weighted by atomic mass is 16.6. The molecule has 2 aromatic carbocycles. The molecule has 5 rings (SSSR count). The van der Waals surface area contributed by atoms with Crippen molar-refractivity contribution in [2.24, 2.45) is 5.92 Å². The lowest BCUT2D eigenvalue weighted by Gasteiger charge is -2.42. The number of nitro benzene ring substituents is 1. The molecular weight excluding hydrogens is 300 g/mol. The summed E-state index contributed by atoms with van der Waals surface area (Å²) in [6.45, 7) is 1.91. The first-order valence-electron chi connectivity index (χ1n) is 8.73. The fraction of sp³-hybridized carbons (Fsp3) is 0.400. The number of piperidine rings is 1. The molecule has 0 saturated carbocycles. The highest BCUT2D eigenvalue weighted by Gasteiger charge is 2.31. The summed E-state index contributed by atoms with van der Waals surface area (Å²) in [5.41, 5.74) is 4.23. The van der Waals surface area contributed by atoms with Crippen LogP contribution in [0.1, 0.15) is 29.5 Å². The second-order valence-electron chi connectivity index (χ2n) is 7.13. The number of non-ortho nitro benzene ring substituents is 1. The molecule has 1 saturated heterocycles. The monoisotopic (exact) mass is 322 g/mol. The van der Waals surface area contributed by atoms with Gasteiger partial charge in [-0.15, -0.1) is 0 Å². The van der Waals surface area contributed by atoms with Gasteiger partial charge < -0.3 is 0 Å². The van der Waals surface area contributed by atoms with Gasteiger partial charge in [-0.2, -0.15) is 0 Å². The van der Waals surface area contributed by atoms with Crippen LogP contribution >= 0.6 is 0 Å². The molecule has 0 aromatic heterocycles. The van der Waals surface area contributed by atoms with Crippen molar-refractivity contribution in [2.45, 2.75) is 38.3 Å². The number of nitro groups is 1. The van der Waals surface area contributed by atoms with E-state index < -0.39 is 0 Å². The molecule has 0 unspecified atom stereocenters. The Morgan fingerprint density at radius 2 is 1.83 bits per heavy atom. The van der Waals surface area contributed by atoms with Crippen molar-refractivity contribution in [3.63, 3.8) is 0 Å². The summed E-state index contributed by atoms with van der Waals surface area (Å²) >= 11 is 0. The average molecular weight is 322 g/mol. The molecule has 2 atom stereocenters. The Morgan fingerprint density at radius 1 is 1.04 bits per heavy atom. The van der Waals surface area contributed by atoms with Crippen molar-refractivity contribution < 1.29 is 4.92 Å². The van der Waals surface area contributed by atoms with Gasteiger partial charge in [-0.25, -0.2) is 0 Å². The summed E-state index contributed by atoms with van der Waals surface area (Å²) in [5.74, 6) is 0.696. The number of hydrogen-bond donors (Lipinski definition) is 0. The SMILES string of the molecule is O=[N+]([O-])c1cccc(CN2C[C@H]3CC[C@@H]2Cc2ccccc2C3)c1. The Hall–Kier alpha value is -2.20. The van der Waals surface area contributed by atoms with E-state index in [2.05, 4.69) is 29.2 Å². The molecule has 1 fully saturated rings. The van der Waals surface area contributed by atoms with Gasteiger partial charge in [0.2, 0.25) is 0 Å². The standard InChI is InChI=1S/C20H22N2O2/c23-22(24)20-7-3-4-15(11-20)13-21-14-16-8-9-19(21)12-18-6-2-1-5-17(18)10-16/h1-7,11,16,19H,8-10,12-14H2/t16-,19+/m0/s1. The van der Waals surface area contributed by atoms with Gasteiger partial charge in [-0.1, -0.05) is 36.4 Å². The molecule has 4 nitrogen and oxygen atoms in total. The Balaban J connectivity index is 1.57. The fourth-order valence-corrected chi connectivity index (χ4v) is 4.30. The smallest absolute Gasteiger partial charge is 0.269 e. The zero-order chi connectivity index (χ0) is 16.5. The molecule has 0 spiro atoms. The van der Waals surface area contributed by atoms with Crippen LogP contribution < -0.4 is 0 Å². The summed E-state index contributed by atoms with van der Waals surface area (Å²) in [7, 11) is 0. The third-order valence-electron chi connectivity index (χ3n) is 5.51. The van der Waals surface area contributed by atoms with Gasteiger partial charge in [0.15, 0.2) is 0 Å². The largest absolute Gasteiger partial charge is 0.296 e. The zero-order valence-electron chi connectivity index (χ0n) is 13.7. The predicted molar refractivity (Wildman–Crippen MR) is 93.9 cm³/mol. The highest BCUT2D eigenvalue weighted by molar-refractivity contribution is 5.34. The van der Waals surface area contributed by atoms with E-state index in [4.69, 9.17) is 0 Å². The highest BCUT2D eigenvalue weighted by Crippen LogP contribution is 2.33. The minimum atomic E-state index is -0.306.